The topological polar surface area (TPSA) is 66.5 Å². The molecule has 2 rings (SSSR count). The molecule has 0 aromatic carbocycles. The number of nitrogens with zero attached hydrogens (tertiary/aromatic N) is 3. The van der Waals surface area contributed by atoms with Crippen molar-refractivity contribution in [1.82, 2.24) is 25.9 Å². The molecule has 6 heteroatoms. The van der Waals surface area contributed by atoms with E-state index in [4.69, 9.17) is 0 Å². The van der Waals surface area contributed by atoms with E-state index < -0.39 is 0 Å². The van der Waals surface area contributed by atoms with Crippen LogP contribution >= 0.6 is 0 Å². The van der Waals surface area contributed by atoms with E-state index in [0.29, 0.717) is 6.04 Å². The Hall–Kier alpha value is 0.666. The van der Waals surface area contributed by atoms with Crippen molar-refractivity contribution in [3.05, 3.63) is 5.82 Å². The molecule has 2 N–H and O–H groups in total. The van der Waals surface area contributed by atoms with Crippen molar-refractivity contribution in [1.29, 1.82) is 0 Å². The summed E-state index contributed by atoms with van der Waals surface area (Å²) in [6.45, 7) is 1.07. The average Bonchev–Trinajstić information content (AvgIpc) is 2.59. The van der Waals surface area contributed by atoms with Crippen LogP contribution < -0.4 is 5.32 Å². The van der Waals surface area contributed by atoms with Crippen LogP contribution in [-0.4, -0.2) is 78.6 Å². The van der Waals surface area contributed by atoms with Crippen LogP contribution in [0.1, 0.15) is 24.7 Å². The fraction of sp³-hybridized carbons (Fsp3) is 0.800. The third kappa shape index (κ3) is 2.30. The maximum atomic E-state index is 3.82. The van der Waals surface area contributed by atoms with Crippen molar-refractivity contribution in [2.75, 3.05) is 6.54 Å². The number of H-pyrrole nitrogens is 1. The third-order valence-corrected chi connectivity index (χ3v) is 1.75. The van der Waals surface area contributed by atoms with E-state index >= 15 is 0 Å². The first kappa shape index (κ1) is 9.75. The molecule has 1 unspecified atom stereocenters. The first-order valence-electron chi connectivity index (χ1n) is 3.44. The van der Waals surface area contributed by atoms with Gasteiger partial charge in [0, 0.05) is 0 Å². The standard InChI is InChI=1S/C5H9N5.K.H/c1-2-4(6-3-1)5-7-9-10-8-5;;/h4,6H,1-3H2,(H,7,8,9,10);;. The number of hydrogen-bond acceptors (Lipinski definition) is 4. The van der Waals surface area contributed by atoms with Gasteiger partial charge in [0.1, 0.15) is 0 Å². The van der Waals surface area contributed by atoms with Crippen molar-refractivity contribution in [2.45, 2.75) is 18.9 Å². The Labute approximate surface area is 107 Å². The molecule has 1 aliphatic rings. The number of nitrogens with one attached hydrogen (secondary N) is 2. The molecule has 1 aromatic heterocycles. The molecule has 0 spiro atoms. The minimum absolute atomic E-state index is 0. The summed E-state index contributed by atoms with van der Waals surface area (Å²) in [5, 5.41) is 16.9. The summed E-state index contributed by atoms with van der Waals surface area (Å²) in [4.78, 5) is 0. The van der Waals surface area contributed by atoms with Crippen LogP contribution in [0.3, 0.4) is 0 Å². The van der Waals surface area contributed by atoms with Gasteiger partial charge in [0.05, 0.1) is 6.04 Å². The monoisotopic (exact) mass is 179 g/mol. The maximum absolute atomic E-state index is 3.82. The van der Waals surface area contributed by atoms with Gasteiger partial charge in [-0.2, -0.15) is 0 Å². The molecule has 0 amide bonds. The molecule has 1 saturated heterocycles. The SMILES string of the molecule is C1CNC(c2nnn[nH]2)C1.[KH]. The Morgan fingerprint density at radius 3 is 2.91 bits per heavy atom. The molecular weight excluding hydrogens is 169 g/mol. The van der Waals surface area contributed by atoms with Gasteiger partial charge in [-0.3, -0.25) is 0 Å². The average molecular weight is 179 g/mol. The van der Waals surface area contributed by atoms with Gasteiger partial charge in [0.15, 0.2) is 5.82 Å². The summed E-state index contributed by atoms with van der Waals surface area (Å²) >= 11 is 0. The molecule has 0 bridgehead atoms. The molecule has 1 fully saturated rings. The van der Waals surface area contributed by atoms with Gasteiger partial charge in [0.25, 0.3) is 0 Å². The van der Waals surface area contributed by atoms with Crippen LogP contribution in [0.4, 0.5) is 0 Å². The molecule has 1 atom stereocenters. The number of aromatic amines is 1. The third-order valence-electron chi connectivity index (χ3n) is 1.75. The number of hydrogen-bond donors (Lipinski definition) is 2. The summed E-state index contributed by atoms with van der Waals surface area (Å²) in [7, 11) is 0. The van der Waals surface area contributed by atoms with Gasteiger partial charge in [-0.15, -0.1) is 5.10 Å². The fourth-order valence-electron chi connectivity index (χ4n) is 1.23. The zero-order chi connectivity index (χ0) is 6.81. The molecule has 1 aromatic rings. The van der Waals surface area contributed by atoms with Gasteiger partial charge >= 0.3 is 51.4 Å². The van der Waals surface area contributed by atoms with Crippen LogP contribution in [0.25, 0.3) is 0 Å². The Kier molecular flexibility index (Phi) is 4.11. The normalized spacial score (nSPS) is 23.1. The number of rotatable bonds is 1. The number of aromatic nitrogens is 4. The van der Waals surface area contributed by atoms with E-state index in [2.05, 4.69) is 25.9 Å². The molecular formula is C5H10KN5. The van der Waals surface area contributed by atoms with Crippen molar-refractivity contribution in [3.63, 3.8) is 0 Å². The fourth-order valence-corrected chi connectivity index (χ4v) is 1.23. The zero-order valence-electron chi connectivity index (χ0n) is 5.54. The van der Waals surface area contributed by atoms with Gasteiger partial charge in [-0.25, -0.2) is 5.10 Å². The molecule has 0 radical (unpaired) electrons. The first-order valence-corrected chi connectivity index (χ1v) is 3.44. The summed E-state index contributed by atoms with van der Waals surface area (Å²) < 4.78 is 0. The summed E-state index contributed by atoms with van der Waals surface area (Å²) in [5.41, 5.74) is 0. The molecule has 5 nitrogen and oxygen atoms in total. The Morgan fingerprint density at radius 2 is 2.36 bits per heavy atom. The van der Waals surface area contributed by atoms with Gasteiger partial charge in [-0.05, 0) is 29.8 Å². The van der Waals surface area contributed by atoms with Crippen molar-refractivity contribution < 1.29 is 0 Å². The van der Waals surface area contributed by atoms with E-state index in [9.17, 15) is 0 Å². The molecule has 1 aliphatic heterocycles. The zero-order valence-corrected chi connectivity index (χ0v) is 5.54. The van der Waals surface area contributed by atoms with Crippen LogP contribution in [0.15, 0.2) is 0 Å². The molecule has 11 heavy (non-hydrogen) atoms. The Morgan fingerprint density at radius 1 is 1.45 bits per heavy atom. The van der Waals surface area contributed by atoms with Gasteiger partial charge in [-0.1, -0.05) is 0 Å². The molecule has 0 saturated carbocycles. The van der Waals surface area contributed by atoms with E-state index in [0.717, 1.165) is 18.8 Å². The van der Waals surface area contributed by atoms with Crippen LogP contribution in [-0.2, 0) is 0 Å². The van der Waals surface area contributed by atoms with Gasteiger partial charge < -0.3 is 5.32 Å². The van der Waals surface area contributed by atoms with Crippen LogP contribution in [0.2, 0.25) is 0 Å². The van der Waals surface area contributed by atoms with Crippen LogP contribution in [0, 0.1) is 0 Å². The second-order valence-electron chi connectivity index (χ2n) is 2.44. The molecule has 2 heterocycles. The van der Waals surface area contributed by atoms with Crippen molar-refractivity contribution in [3.8, 4) is 0 Å². The quantitative estimate of drug-likeness (QED) is 0.541. The van der Waals surface area contributed by atoms with Crippen molar-refractivity contribution in [2.24, 2.45) is 0 Å². The first-order chi connectivity index (χ1) is 4.97. The molecule has 0 aliphatic carbocycles. The van der Waals surface area contributed by atoms with Crippen LogP contribution in [0.5, 0.6) is 0 Å². The van der Waals surface area contributed by atoms with Crippen molar-refractivity contribution >= 4 is 51.4 Å². The predicted octanol–water partition coefficient (Wildman–Crippen LogP) is -1.02. The van der Waals surface area contributed by atoms with E-state index in [1.165, 1.54) is 6.42 Å². The Bertz CT molecular complexity index is 193. The van der Waals surface area contributed by atoms with E-state index in [-0.39, 0.29) is 51.4 Å². The van der Waals surface area contributed by atoms with E-state index in [1.807, 2.05) is 0 Å². The van der Waals surface area contributed by atoms with E-state index in [1.54, 1.807) is 0 Å². The second kappa shape index (κ2) is 4.63. The summed E-state index contributed by atoms with van der Waals surface area (Å²) in [6, 6.07) is 0.356. The van der Waals surface area contributed by atoms with Gasteiger partial charge in [0.2, 0.25) is 0 Å². The summed E-state index contributed by atoms with van der Waals surface area (Å²) in [6.07, 6.45) is 2.35. The number of tetrazole rings is 1. The second-order valence-corrected chi connectivity index (χ2v) is 2.44. The summed E-state index contributed by atoms with van der Waals surface area (Å²) in [5.74, 6) is 0.859. The predicted molar refractivity (Wildman–Crippen MR) is 41.3 cm³/mol. The minimum atomic E-state index is 0. The molecule has 56 valence electrons. The Balaban J connectivity index is 0.000000605.